The highest BCUT2D eigenvalue weighted by atomic mass is 16.6. The highest BCUT2D eigenvalue weighted by molar-refractivity contribution is 6.09. The van der Waals surface area contributed by atoms with Crippen molar-refractivity contribution in [2.75, 3.05) is 5.32 Å². The van der Waals surface area contributed by atoms with Gasteiger partial charge in [0.2, 0.25) is 0 Å². The van der Waals surface area contributed by atoms with E-state index in [1.165, 1.54) is 6.07 Å². The molecule has 0 spiro atoms. The van der Waals surface area contributed by atoms with Gasteiger partial charge < -0.3 is 9.88 Å². The van der Waals surface area contributed by atoms with Crippen molar-refractivity contribution in [2.24, 2.45) is 0 Å². The summed E-state index contributed by atoms with van der Waals surface area (Å²) in [6.45, 7) is 0. The summed E-state index contributed by atoms with van der Waals surface area (Å²) >= 11 is 0. The number of benzene rings is 4. The molecule has 0 unspecified atom stereocenters. The molecule has 0 amide bonds. The second kappa shape index (κ2) is 6.80. The van der Waals surface area contributed by atoms with Crippen LogP contribution in [0.25, 0.3) is 27.5 Å². The fourth-order valence-electron chi connectivity index (χ4n) is 3.84. The summed E-state index contributed by atoms with van der Waals surface area (Å²) < 4.78 is 2.09. The van der Waals surface area contributed by atoms with Crippen LogP contribution in [0.4, 0.5) is 17.1 Å². The van der Waals surface area contributed by atoms with E-state index in [9.17, 15) is 10.1 Å². The summed E-state index contributed by atoms with van der Waals surface area (Å²) in [4.78, 5) is 11.5. The Kier molecular flexibility index (Phi) is 3.99. The Morgan fingerprint density at radius 1 is 0.690 bits per heavy atom. The van der Waals surface area contributed by atoms with Gasteiger partial charge in [0.15, 0.2) is 0 Å². The van der Waals surface area contributed by atoms with Crippen LogP contribution in [-0.4, -0.2) is 9.49 Å². The molecule has 1 N–H and O–H groups in total. The van der Waals surface area contributed by atoms with E-state index in [1.807, 2.05) is 72.8 Å². The van der Waals surface area contributed by atoms with Gasteiger partial charge in [-0.3, -0.25) is 10.1 Å². The Hall–Kier alpha value is -4.12. The van der Waals surface area contributed by atoms with Gasteiger partial charge in [-0.25, -0.2) is 0 Å². The second-order valence-electron chi connectivity index (χ2n) is 6.79. The van der Waals surface area contributed by atoms with Gasteiger partial charge in [0.1, 0.15) is 5.69 Å². The fourth-order valence-corrected chi connectivity index (χ4v) is 3.84. The van der Waals surface area contributed by atoms with Crippen molar-refractivity contribution in [1.29, 1.82) is 0 Å². The first-order chi connectivity index (χ1) is 14.2. The smallest absolute Gasteiger partial charge is 0.294 e. The standard InChI is InChI=1S/C24H17N3O2/c28-27(29)23-16-8-15-22(24(23)25-17-9-2-1-3-10-17)26-20-13-6-4-11-18(20)19-12-5-7-14-21(19)26/h1-16,25H. The van der Waals surface area contributed by atoms with Crippen molar-refractivity contribution in [1.82, 2.24) is 4.57 Å². The minimum Gasteiger partial charge on any atom is -0.348 e. The van der Waals surface area contributed by atoms with E-state index in [0.29, 0.717) is 5.69 Å². The van der Waals surface area contributed by atoms with Crippen molar-refractivity contribution < 1.29 is 4.92 Å². The van der Waals surface area contributed by atoms with Crippen molar-refractivity contribution in [3.05, 3.63) is 107 Å². The summed E-state index contributed by atoms with van der Waals surface area (Å²) in [5, 5.41) is 17.3. The number of nitro groups is 1. The molecule has 29 heavy (non-hydrogen) atoms. The third-order valence-corrected chi connectivity index (χ3v) is 5.08. The van der Waals surface area contributed by atoms with E-state index in [1.54, 1.807) is 6.07 Å². The van der Waals surface area contributed by atoms with Crippen LogP contribution >= 0.6 is 0 Å². The molecule has 5 aromatic rings. The lowest BCUT2D eigenvalue weighted by Crippen LogP contribution is -2.04. The molecule has 5 heteroatoms. The number of nitrogens with zero attached hydrogens (tertiary/aromatic N) is 2. The highest BCUT2D eigenvalue weighted by Gasteiger charge is 2.21. The predicted molar refractivity (Wildman–Crippen MR) is 117 cm³/mol. The van der Waals surface area contributed by atoms with Gasteiger partial charge in [0.05, 0.1) is 21.6 Å². The topological polar surface area (TPSA) is 60.1 Å². The Bertz CT molecular complexity index is 1300. The van der Waals surface area contributed by atoms with Gasteiger partial charge in [0, 0.05) is 22.5 Å². The normalized spacial score (nSPS) is 11.0. The van der Waals surface area contributed by atoms with E-state index in [0.717, 1.165) is 33.2 Å². The summed E-state index contributed by atoms with van der Waals surface area (Å²) in [7, 11) is 0. The second-order valence-corrected chi connectivity index (χ2v) is 6.79. The van der Waals surface area contributed by atoms with Crippen LogP contribution in [0, 0.1) is 10.1 Å². The third-order valence-electron chi connectivity index (χ3n) is 5.08. The number of anilines is 2. The fraction of sp³-hybridized carbons (Fsp3) is 0. The van der Waals surface area contributed by atoms with Gasteiger partial charge in [-0.1, -0.05) is 60.7 Å². The van der Waals surface area contributed by atoms with E-state index in [2.05, 4.69) is 22.0 Å². The number of rotatable bonds is 4. The molecule has 4 aromatic carbocycles. The molecule has 0 aliphatic carbocycles. The molecule has 5 nitrogen and oxygen atoms in total. The van der Waals surface area contributed by atoms with E-state index >= 15 is 0 Å². The zero-order valence-corrected chi connectivity index (χ0v) is 15.4. The quantitative estimate of drug-likeness (QED) is 0.289. The Balaban J connectivity index is 1.85. The van der Waals surface area contributed by atoms with E-state index < -0.39 is 0 Å². The molecule has 0 atom stereocenters. The van der Waals surface area contributed by atoms with Crippen LogP contribution in [0.15, 0.2) is 97.1 Å². The molecule has 5 rings (SSSR count). The van der Waals surface area contributed by atoms with Gasteiger partial charge in [-0.15, -0.1) is 0 Å². The zero-order chi connectivity index (χ0) is 19.8. The van der Waals surface area contributed by atoms with Crippen LogP contribution in [-0.2, 0) is 0 Å². The molecule has 0 radical (unpaired) electrons. The molecule has 0 fully saturated rings. The molecular weight excluding hydrogens is 362 g/mol. The average Bonchev–Trinajstić information content (AvgIpc) is 3.09. The number of hydrogen-bond donors (Lipinski definition) is 1. The van der Waals surface area contributed by atoms with Crippen LogP contribution in [0.3, 0.4) is 0 Å². The Labute approximate surface area is 167 Å². The van der Waals surface area contributed by atoms with Gasteiger partial charge in [0.25, 0.3) is 5.69 Å². The minimum absolute atomic E-state index is 0.0354. The lowest BCUT2D eigenvalue weighted by atomic mass is 10.2. The van der Waals surface area contributed by atoms with Gasteiger partial charge in [-0.2, -0.15) is 0 Å². The molecule has 140 valence electrons. The van der Waals surface area contributed by atoms with E-state index in [4.69, 9.17) is 0 Å². The number of nitrogens with one attached hydrogen (secondary N) is 1. The van der Waals surface area contributed by atoms with Crippen LogP contribution in [0.5, 0.6) is 0 Å². The SMILES string of the molecule is O=[N+]([O-])c1cccc(-n2c3ccccc3c3ccccc32)c1Nc1ccccc1. The number of aromatic nitrogens is 1. The van der Waals surface area contributed by atoms with Crippen LogP contribution in [0.2, 0.25) is 0 Å². The number of hydrogen-bond acceptors (Lipinski definition) is 3. The Morgan fingerprint density at radius 3 is 1.90 bits per heavy atom. The van der Waals surface area contributed by atoms with Crippen molar-refractivity contribution in [3.63, 3.8) is 0 Å². The molecule has 0 saturated carbocycles. The highest BCUT2D eigenvalue weighted by Crippen LogP contribution is 2.39. The monoisotopic (exact) mass is 379 g/mol. The number of nitro benzene ring substituents is 1. The first kappa shape index (κ1) is 17.0. The van der Waals surface area contributed by atoms with Gasteiger partial charge >= 0.3 is 0 Å². The minimum atomic E-state index is -0.345. The number of para-hydroxylation sites is 4. The molecule has 1 heterocycles. The summed E-state index contributed by atoms with van der Waals surface area (Å²) in [5.74, 6) is 0. The maximum atomic E-state index is 11.8. The largest absolute Gasteiger partial charge is 0.348 e. The molecule has 1 aromatic heterocycles. The summed E-state index contributed by atoms with van der Waals surface area (Å²) in [6, 6.07) is 30.9. The summed E-state index contributed by atoms with van der Waals surface area (Å²) in [5.41, 5.74) is 4.04. The first-order valence-electron chi connectivity index (χ1n) is 9.32. The molecule has 0 saturated heterocycles. The number of fused-ring (bicyclic) bond motifs is 3. The van der Waals surface area contributed by atoms with Crippen molar-refractivity contribution in [3.8, 4) is 5.69 Å². The van der Waals surface area contributed by atoms with Crippen LogP contribution < -0.4 is 5.32 Å². The first-order valence-corrected chi connectivity index (χ1v) is 9.32. The maximum absolute atomic E-state index is 11.8. The lowest BCUT2D eigenvalue weighted by molar-refractivity contribution is -0.383. The van der Waals surface area contributed by atoms with Gasteiger partial charge in [-0.05, 0) is 30.3 Å². The van der Waals surface area contributed by atoms with Crippen molar-refractivity contribution >= 4 is 38.9 Å². The maximum Gasteiger partial charge on any atom is 0.294 e. The molecule has 0 bridgehead atoms. The van der Waals surface area contributed by atoms with Crippen molar-refractivity contribution in [2.45, 2.75) is 0 Å². The zero-order valence-electron chi connectivity index (χ0n) is 15.4. The molecule has 0 aliphatic heterocycles. The summed E-state index contributed by atoms with van der Waals surface area (Å²) in [6.07, 6.45) is 0. The third kappa shape index (κ3) is 2.80. The van der Waals surface area contributed by atoms with Crippen LogP contribution in [0.1, 0.15) is 0 Å². The predicted octanol–water partition coefficient (Wildman–Crippen LogP) is 6.44. The van der Waals surface area contributed by atoms with E-state index in [-0.39, 0.29) is 10.6 Å². The Morgan fingerprint density at radius 2 is 1.28 bits per heavy atom. The lowest BCUT2D eigenvalue weighted by Gasteiger charge is -2.15. The molecule has 0 aliphatic rings. The molecular formula is C24H17N3O2. The average molecular weight is 379 g/mol.